The Kier molecular flexibility index (Phi) is 4.71. The predicted molar refractivity (Wildman–Crippen MR) is 117 cm³/mol. The molecule has 0 saturated heterocycles. The summed E-state index contributed by atoms with van der Waals surface area (Å²) in [6, 6.07) is 13.3. The number of furan rings is 1. The highest BCUT2D eigenvalue weighted by atomic mass is 79.9. The number of benzene rings is 2. The monoisotopic (exact) mass is 498 g/mol. The zero-order valence-electron chi connectivity index (χ0n) is 15.6. The lowest BCUT2D eigenvalue weighted by Gasteiger charge is -2.24. The molecule has 4 aromatic rings. The number of aliphatic hydroxyl groups is 1. The summed E-state index contributed by atoms with van der Waals surface area (Å²) in [7, 11) is 0. The van der Waals surface area contributed by atoms with Gasteiger partial charge in [-0.1, -0.05) is 39.4 Å². The minimum absolute atomic E-state index is 0.00434. The van der Waals surface area contributed by atoms with Gasteiger partial charge in [0.15, 0.2) is 16.7 Å². The van der Waals surface area contributed by atoms with Crippen molar-refractivity contribution in [2.75, 3.05) is 4.90 Å². The SMILES string of the molecule is O=C(C1=C(O)C(=O)N(c2nc3ccc(F)cc3s2)[C@H]1c1ccc(Br)cc1)c1ccco1. The van der Waals surface area contributed by atoms with Crippen LogP contribution in [0.15, 0.2) is 81.1 Å². The Hall–Kier alpha value is -3.30. The van der Waals surface area contributed by atoms with Gasteiger partial charge in [0.2, 0.25) is 5.78 Å². The van der Waals surface area contributed by atoms with Crippen LogP contribution in [0.2, 0.25) is 0 Å². The molecule has 0 saturated carbocycles. The summed E-state index contributed by atoms with van der Waals surface area (Å²) in [4.78, 5) is 32.0. The molecule has 1 N–H and O–H groups in total. The molecule has 0 radical (unpaired) electrons. The largest absolute Gasteiger partial charge is 0.503 e. The number of aliphatic hydroxyl groups excluding tert-OH is 1. The number of amides is 1. The van der Waals surface area contributed by atoms with E-state index < -0.39 is 29.3 Å². The Morgan fingerprint density at radius 3 is 2.68 bits per heavy atom. The molecule has 1 atom stereocenters. The molecule has 1 aliphatic heterocycles. The number of hydrogen-bond donors (Lipinski definition) is 1. The maximum Gasteiger partial charge on any atom is 0.296 e. The molecule has 0 bridgehead atoms. The number of carbonyl (C=O) groups is 2. The molecule has 154 valence electrons. The van der Waals surface area contributed by atoms with Gasteiger partial charge in [-0.15, -0.1) is 0 Å². The first kappa shape index (κ1) is 19.7. The van der Waals surface area contributed by atoms with Crippen LogP contribution in [0.5, 0.6) is 0 Å². The van der Waals surface area contributed by atoms with Crippen LogP contribution in [0, 0.1) is 5.82 Å². The van der Waals surface area contributed by atoms with Gasteiger partial charge >= 0.3 is 0 Å². The van der Waals surface area contributed by atoms with Gasteiger partial charge in [-0.3, -0.25) is 14.5 Å². The van der Waals surface area contributed by atoms with E-state index >= 15 is 0 Å². The van der Waals surface area contributed by atoms with Crippen LogP contribution >= 0.6 is 27.3 Å². The van der Waals surface area contributed by atoms with E-state index in [1.807, 2.05) is 0 Å². The van der Waals surface area contributed by atoms with Gasteiger partial charge < -0.3 is 9.52 Å². The van der Waals surface area contributed by atoms with Crippen molar-refractivity contribution in [3.63, 3.8) is 0 Å². The van der Waals surface area contributed by atoms with Gasteiger partial charge in [0, 0.05) is 4.47 Å². The molecule has 2 aromatic carbocycles. The Morgan fingerprint density at radius 2 is 1.97 bits per heavy atom. The molecular formula is C22H12BrFN2O4S. The highest BCUT2D eigenvalue weighted by molar-refractivity contribution is 9.10. The quantitative estimate of drug-likeness (QED) is 0.371. The van der Waals surface area contributed by atoms with Gasteiger partial charge in [0.25, 0.3) is 5.91 Å². The van der Waals surface area contributed by atoms with Crippen LogP contribution in [0.25, 0.3) is 10.2 Å². The van der Waals surface area contributed by atoms with Crippen molar-refractivity contribution in [2.24, 2.45) is 0 Å². The minimum Gasteiger partial charge on any atom is -0.503 e. The molecule has 3 heterocycles. The lowest BCUT2D eigenvalue weighted by atomic mass is 9.95. The van der Waals surface area contributed by atoms with Crippen molar-refractivity contribution < 1.29 is 23.5 Å². The first-order chi connectivity index (χ1) is 14.9. The van der Waals surface area contributed by atoms with Crippen LogP contribution in [-0.2, 0) is 4.79 Å². The van der Waals surface area contributed by atoms with Gasteiger partial charge in [-0.2, -0.15) is 0 Å². The van der Waals surface area contributed by atoms with E-state index in [-0.39, 0.29) is 16.5 Å². The van der Waals surface area contributed by atoms with Crippen LogP contribution in [-0.4, -0.2) is 21.8 Å². The molecule has 31 heavy (non-hydrogen) atoms. The number of rotatable bonds is 4. The van der Waals surface area contributed by atoms with Crippen molar-refractivity contribution in [1.82, 2.24) is 4.98 Å². The fourth-order valence-electron chi connectivity index (χ4n) is 3.52. The molecule has 0 aliphatic carbocycles. The third-order valence-electron chi connectivity index (χ3n) is 4.93. The van der Waals surface area contributed by atoms with Gasteiger partial charge in [0.05, 0.1) is 28.1 Å². The zero-order chi connectivity index (χ0) is 21.7. The van der Waals surface area contributed by atoms with Gasteiger partial charge in [-0.25, -0.2) is 9.37 Å². The molecule has 9 heteroatoms. The van der Waals surface area contributed by atoms with Crippen molar-refractivity contribution in [3.8, 4) is 0 Å². The highest BCUT2D eigenvalue weighted by Crippen LogP contribution is 2.44. The van der Waals surface area contributed by atoms with Crippen molar-refractivity contribution in [1.29, 1.82) is 0 Å². The summed E-state index contributed by atoms with van der Waals surface area (Å²) in [5, 5.41) is 10.9. The normalized spacial score (nSPS) is 16.5. The molecular weight excluding hydrogens is 487 g/mol. The molecule has 0 spiro atoms. The third-order valence-corrected chi connectivity index (χ3v) is 6.47. The van der Waals surface area contributed by atoms with Crippen LogP contribution in [0.1, 0.15) is 22.2 Å². The summed E-state index contributed by atoms with van der Waals surface area (Å²) in [6.07, 6.45) is 1.34. The Labute approximate surface area is 187 Å². The lowest BCUT2D eigenvalue weighted by Crippen LogP contribution is -2.30. The number of hydrogen-bond acceptors (Lipinski definition) is 6. The van der Waals surface area contributed by atoms with Crippen molar-refractivity contribution in [2.45, 2.75) is 6.04 Å². The Bertz CT molecular complexity index is 1360. The maximum absolute atomic E-state index is 13.7. The molecule has 5 rings (SSSR count). The molecule has 1 amide bonds. The molecule has 6 nitrogen and oxygen atoms in total. The van der Waals surface area contributed by atoms with E-state index in [0.29, 0.717) is 15.8 Å². The Balaban J connectivity index is 1.68. The van der Waals surface area contributed by atoms with Crippen molar-refractivity contribution >= 4 is 54.3 Å². The number of ketones is 1. The summed E-state index contributed by atoms with van der Waals surface area (Å²) in [5.74, 6) is -2.44. The molecule has 2 aromatic heterocycles. The van der Waals surface area contributed by atoms with Crippen molar-refractivity contribution in [3.05, 3.63) is 93.8 Å². The van der Waals surface area contributed by atoms with Crippen LogP contribution in [0.3, 0.4) is 0 Å². The number of carbonyl (C=O) groups excluding carboxylic acids is 2. The number of fused-ring (bicyclic) bond motifs is 1. The molecule has 0 unspecified atom stereocenters. The smallest absolute Gasteiger partial charge is 0.296 e. The third kappa shape index (κ3) is 3.26. The maximum atomic E-state index is 13.7. The summed E-state index contributed by atoms with van der Waals surface area (Å²) < 4.78 is 20.2. The minimum atomic E-state index is -0.927. The predicted octanol–water partition coefficient (Wildman–Crippen LogP) is 5.57. The highest BCUT2D eigenvalue weighted by Gasteiger charge is 2.46. The van der Waals surface area contributed by atoms with Gasteiger partial charge in [-0.05, 0) is 48.0 Å². The van der Waals surface area contributed by atoms with Gasteiger partial charge in [0.1, 0.15) is 5.82 Å². The number of nitrogens with zero attached hydrogens (tertiary/aromatic N) is 2. The fourth-order valence-corrected chi connectivity index (χ4v) is 4.81. The standard InChI is InChI=1S/C22H12BrFN2O4S/c23-12-5-3-11(4-6-12)18-17(19(27)15-2-1-9-30-15)20(28)21(29)26(18)22-25-14-8-7-13(24)10-16(14)31-22/h1-10,18,28H/t18-/m0/s1. The fraction of sp³-hybridized carbons (Fsp3) is 0.0455. The summed E-state index contributed by atoms with van der Waals surface area (Å²) >= 11 is 4.47. The topological polar surface area (TPSA) is 83.6 Å². The molecule has 1 aliphatic rings. The number of Topliss-reactive ketones (excluding diaryl/α,β-unsaturated/α-hetero) is 1. The second-order valence-electron chi connectivity index (χ2n) is 6.81. The van der Waals surface area contributed by atoms with E-state index in [2.05, 4.69) is 20.9 Å². The van der Waals surface area contributed by atoms with Crippen LogP contribution in [0.4, 0.5) is 9.52 Å². The Morgan fingerprint density at radius 1 is 1.19 bits per heavy atom. The summed E-state index contributed by atoms with van der Waals surface area (Å²) in [5.41, 5.74) is 1.00. The van der Waals surface area contributed by atoms with E-state index in [4.69, 9.17) is 4.42 Å². The first-order valence-electron chi connectivity index (χ1n) is 9.10. The number of thiazole rings is 1. The molecule has 0 fully saturated rings. The van der Waals surface area contributed by atoms with E-state index in [9.17, 15) is 19.1 Å². The number of aromatic nitrogens is 1. The number of anilines is 1. The van der Waals surface area contributed by atoms with E-state index in [1.165, 1.54) is 35.4 Å². The first-order valence-corrected chi connectivity index (χ1v) is 10.7. The second-order valence-corrected chi connectivity index (χ2v) is 8.73. The lowest BCUT2D eigenvalue weighted by molar-refractivity contribution is -0.117. The zero-order valence-corrected chi connectivity index (χ0v) is 18.0. The second kappa shape index (κ2) is 7.44. The number of halogens is 2. The average molecular weight is 499 g/mol. The van der Waals surface area contributed by atoms with E-state index in [0.717, 1.165) is 15.8 Å². The van der Waals surface area contributed by atoms with E-state index in [1.54, 1.807) is 30.3 Å². The van der Waals surface area contributed by atoms with Crippen LogP contribution < -0.4 is 4.90 Å². The average Bonchev–Trinajstić information content (AvgIpc) is 3.47. The summed E-state index contributed by atoms with van der Waals surface area (Å²) in [6.45, 7) is 0.